The Hall–Kier alpha value is -2.34. The van der Waals surface area contributed by atoms with E-state index in [2.05, 4.69) is 11.6 Å². The minimum Gasteiger partial charge on any atom is -0.336 e. The van der Waals surface area contributed by atoms with Gasteiger partial charge in [0.1, 0.15) is 0 Å². The summed E-state index contributed by atoms with van der Waals surface area (Å²) in [6, 6.07) is 13.7. The third-order valence-electron chi connectivity index (χ3n) is 5.05. The highest BCUT2D eigenvalue weighted by Gasteiger charge is 2.27. The van der Waals surface area contributed by atoms with Crippen LogP contribution in [0.25, 0.3) is 0 Å². The zero-order valence-electron chi connectivity index (χ0n) is 15.8. The Labute approximate surface area is 161 Å². The standard InChI is InChI=1S/C21H26N2O3S/c1-3-19-8-4-5-14-23(19)21(24)17-7-6-9-20(15-17)27(25,26)22-18-12-10-16(2)11-13-18/h6-7,9-13,15,19,22H,3-5,8,14H2,1-2H3. The lowest BCUT2D eigenvalue weighted by atomic mass is 9.99. The first kappa shape index (κ1) is 19.4. The molecule has 1 N–H and O–H groups in total. The number of benzene rings is 2. The van der Waals surface area contributed by atoms with Crippen molar-refractivity contribution in [3.05, 3.63) is 59.7 Å². The minimum atomic E-state index is -3.75. The molecule has 1 saturated heterocycles. The smallest absolute Gasteiger partial charge is 0.261 e. The number of amides is 1. The van der Waals surface area contributed by atoms with E-state index in [1.54, 1.807) is 24.3 Å². The Morgan fingerprint density at radius 3 is 2.59 bits per heavy atom. The van der Waals surface area contributed by atoms with Crippen LogP contribution in [0.1, 0.15) is 48.5 Å². The number of hydrogen-bond donors (Lipinski definition) is 1. The van der Waals surface area contributed by atoms with E-state index in [0.717, 1.165) is 37.8 Å². The molecule has 1 atom stereocenters. The van der Waals surface area contributed by atoms with Gasteiger partial charge in [-0.15, -0.1) is 0 Å². The highest BCUT2D eigenvalue weighted by atomic mass is 32.2. The van der Waals surface area contributed by atoms with Crippen molar-refractivity contribution in [1.82, 2.24) is 4.90 Å². The predicted octanol–water partition coefficient (Wildman–Crippen LogP) is 4.20. The van der Waals surface area contributed by atoms with Gasteiger partial charge in [-0.2, -0.15) is 0 Å². The number of carbonyl (C=O) groups excluding carboxylic acids is 1. The quantitative estimate of drug-likeness (QED) is 0.837. The summed E-state index contributed by atoms with van der Waals surface area (Å²) in [4.78, 5) is 14.9. The van der Waals surface area contributed by atoms with Crippen LogP contribution in [0.15, 0.2) is 53.4 Å². The lowest BCUT2D eigenvalue weighted by Crippen LogP contribution is -2.43. The zero-order valence-corrected chi connectivity index (χ0v) is 16.6. The summed E-state index contributed by atoms with van der Waals surface area (Å²) in [5.74, 6) is -0.0889. The van der Waals surface area contributed by atoms with Gasteiger partial charge in [0.25, 0.3) is 15.9 Å². The van der Waals surface area contributed by atoms with Crippen molar-refractivity contribution in [3.8, 4) is 0 Å². The SMILES string of the molecule is CCC1CCCCN1C(=O)c1cccc(S(=O)(=O)Nc2ccc(C)cc2)c1. The normalized spacial score (nSPS) is 17.6. The molecule has 1 fully saturated rings. The van der Waals surface area contributed by atoms with E-state index >= 15 is 0 Å². The Morgan fingerprint density at radius 2 is 1.89 bits per heavy atom. The molecule has 27 heavy (non-hydrogen) atoms. The molecule has 0 aromatic heterocycles. The number of rotatable bonds is 5. The Bertz CT molecular complexity index is 907. The Balaban J connectivity index is 1.83. The topological polar surface area (TPSA) is 66.5 Å². The van der Waals surface area contributed by atoms with Crippen molar-refractivity contribution in [1.29, 1.82) is 0 Å². The van der Waals surface area contributed by atoms with Crippen LogP contribution in [0.5, 0.6) is 0 Å². The monoisotopic (exact) mass is 386 g/mol. The highest BCUT2D eigenvalue weighted by molar-refractivity contribution is 7.92. The summed E-state index contributed by atoms with van der Waals surface area (Å²) in [6.07, 6.45) is 4.06. The third-order valence-corrected chi connectivity index (χ3v) is 6.43. The molecule has 2 aromatic carbocycles. The Kier molecular flexibility index (Phi) is 5.85. The molecule has 5 nitrogen and oxygen atoms in total. The molecule has 6 heteroatoms. The van der Waals surface area contributed by atoms with Crippen LogP contribution >= 0.6 is 0 Å². The van der Waals surface area contributed by atoms with Gasteiger partial charge in [0.05, 0.1) is 4.90 Å². The van der Waals surface area contributed by atoms with Gasteiger partial charge >= 0.3 is 0 Å². The molecule has 0 bridgehead atoms. The number of carbonyl (C=O) groups is 1. The molecule has 0 aliphatic carbocycles. The van der Waals surface area contributed by atoms with Crippen molar-refractivity contribution in [2.45, 2.75) is 50.5 Å². The molecule has 0 spiro atoms. The Morgan fingerprint density at radius 1 is 1.15 bits per heavy atom. The van der Waals surface area contributed by atoms with Gasteiger partial charge < -0.3 is 4.90 Å². The molecular weight excluding hydrogens is 360 g/mol. The first-order valence-electron chi connectivity index (χ1n) is 9.41. The van der Waals surface area contributed by atoms with Gasteiger partial charge in [-0.1, -0.05) is 30.7 Å². The molecule has 1 heterocycles. The van der Waals surface area contributed by atoms with Crippen molar-refractivity contribution < 1.29 is 13.2 Å². The van der Waals surface area contributed by atoms with Gasteiger partial charge in [-0.05, 0) is 62.9 Å². The lowest BCUT2D eigenvalue weighted by Gasteiger charge is -2.35. The van der Waals surface area contributed by atoms with Crippen LogP contribution < -0.4 is 4.72 Å². The summed E-state index contributed by atoms with van der Waals surface area (Å²) < 4.78 is 28.0. The van der Waals surface area contributed by atoms with Crippen molar-refractivity contribution >= 4 is 21.6 Å². The molecule has 0 saturated carbocycles. The summed E-state index contributed by atoms with van der Waals surface area (Å²) in [5.41, 5.74) is 1.97. The van der Waals surface area contributed by atoms with Crippen LogP contribution in [0.4, 0.5) is 5.69 Å². The second kappa shape index (κ2) is 8.13. The zero-order chi connectivity index (χ0) is 19.4. The second-order valence-electron chi connectivity index (χ2n) is 7.06. The molecule has 144 valence electrons. The van der Waals surface area contributed by atoms with Crippen LogP contribution in [0, 0.1) is 6.92 Å². The molecule has 1 unspecified atom stereocenters. The van der Waals surface area contributed by atoms with Gasteiger partial charge in [0.15, 0.2) is 0 Å². The number of anilines is 1. The molecule has 2 aromatic rings. The summed E-state index contributed by atoms with van der Waals surface area (Å²) in [6.45, 7) is 4.76. The highest BCUT2D eigenvalue weighted by Crippen LogP contribution is 2.23. The van der Waals surface area contributed by atoms with Crippen molar-refractivity contribution in [2.75, 3.05) is 11.3 Å². The number of piperidine rings is 1. The van der Waals surface area contributed by atoms with Gasteiger partial charge in [0.2, 0.25) is 0 Å². The van der Waals surface area contributed by atoms with E-state index in [0.29, 0.717) is 11.3 Å². The average Bonchev–Trinajstić information content (AvgIpc) is 2.69. The maximum atomic E-state index is 13.0. The lowest BCUT2D eigenvalue weighted by molar-refractivity contribution is 0.0608. The predicted molar refractivity (Wildman–Crippen MR) is 107 cm³/mol. The molecule has 0 radical (unpaired) electrons. The fourth-order valence-corrected chi connectivity index (χ4v) is 4.59. The van der Waals surface area contributed by atoms with E-state index in [4.69, 9.17) is 0 Å². The summed E-state index contributed by atoms with van der Waals surface area (Å²) >= 11 is 0. The maximum absolute atomic E-state index is 13.0. The maximum Gasteiger partial charge on any atom is 0.261 e. The van der Waals surface area contributed by atoms with E-state index in [1.807, 2.05) is 24.0 Å². The third kappa shape index (κ3) is 4.50. The number of nitrogens with one attached hydrogen (secondary N) is 1. The van der Waals surface area contributed by atoms with Crippen molar-refractivity contribution in [2.24, 2.45) is 0 Å². The summed E-state index contributed by atoms with van der Waals surface area (Å²) in [5, 5.41) is 0. The van der Waals surface area contributed by atoms with Crippen LogP contribution in [0.2, 0.25) is 0 Å². The molecule has 1 amide bonds. The number of aryl methyl sites for hydroxylation is 1. The van der Waals surface area contributed by atoms with Crippen molar-refractivity contribution in [3.63, 3.8) is 0 Å². The van der Waals surface area contributed by atoms with Gasteiger partial charge in [0, 0.05) is 23.8 Å². The second-order valence-corrected chi connectivity index (χ2v) is 8.74. The number of hydrogen-bond acceptors (Lipinski definition) is 3. The number of likely N-dealkylation sites (tertiary alicyclic amines) is 1. The number of sulfonamides is 1. The largest absolute Gasteiger partial charge is 0.336 e. The number of nitrogens with zero attached hydrogens (tertiary/aromatic N) is 1. The average molecular weight is 387 g/mol. The van der Waals surface area contributed by atoms with E-state index in [1.165, 1.54) is 12.1 Å². The summed E-state index contributed by atoms with van der Waals surface area (Å²) in [7, 11) is -3.75. The van der Waals surface area contributed by atoms with Crippen LogP contribution in [0.3, 0.4) is 0 Å². The van der Waals surface area contributed by atoms with Crippen LogP contribution in [-0.4, -0.2) is 31.8 Å². The molecule has 1 aliphatic heterocycles. The van der Waals surface area contributed by atoms with Gasteiger partial charge in [-0.25, -0.2) is 8.42 Å². The van der Waals surface area contributed by atoms with E-state index < -0.39 is 10.0 Å². The first-order valence-corrected chi connectivity index (χ1v) is 10.9. The minimum absolute atomic E-state index is 0.0889. The molecule has 3 rings (SSSR count). The molecule has 1 aliphatic rings. The van der Waals surface area contributed by atoms with Crippen LogP contribution in [-0.2, 0) is 10.0 Å². The fourth-order valence-electron chi connectivity index (χ4n) is 3.49. The van der Waals surface area contributed by atoms with E-state index in [-0.39, 0.29) is 16.8 Å². The van der Waals surface area contributed by atoms with Gasteiger partial charge in [-0.3, -0.25) is 9.52 Å². The van der Waals surface area contributed by atoms with E-state index in [9.17, 15) is 13.2 Å². The first-order chi connectivity index (χ1) is 12.9. The molecular formula is C21H26N2O3S. The fraction of sp³-hybridized carbons (Fsp3) is 0.381.